The lowest BCUT2D eigenvalue weighted by Crippen LogP contribution is -2.43. The van der Waals surface area contributed by atoms with Crippen LogP contribution in [0.5, 0.6) is 0 Å². The van der Waals surface area contributed by atoms with Crippen molar-refractivity contribution in [3.05, 3.63) is 0 Å². The fourth-order valence-electron chi connectivity index (χ4n) is 1.14. The molecule has 14 heavy (non-hydrogen) atoms. The van der Waals surface area contributed by atoms with Crippen LogP contribution in [-0.2, 0) is 4.43 Å². The maximum atomic E-state index is 6.19. The minimum absolute atomic E-state index is 0.309. The number of hydrogen-bond donors (Lipinski definition) is 1. The van der Waals surface area contributed by atoms with Crippen LogP contribution in [0.1, 0.15) is 40.5 Å². The van der Waals surface area contributed by atoms with Crippen molar-refractivity contribution in [1.82, 2.24) is 0 Å². The number of nitrogens with two attached hydrogens (primary N) is 1. The molecule has 1 atom stereocenters. The molecule has 0 heterocycles. The second-order valence-corrected chi connectivity index (χ2v) is 10.4. The Balaban J connectivity index is 4.08. The molecule has 0 saturated heterocycles. The normalized spacial score (nSPS) is 15.6. The van der Waals surface area contributed by atoms with Crippen LogP contribution in [0.2, 0.25) is 18.1 Å². The van der Waals surface area contributed by atoms with Crippen molar-refractivity contribution in [3.8, 4) is 0 Å². The highest BCUT2D eigenvalue weighted by Gasteiger charge is 2.38. The maximum absolute atomic E-state index is 6.19. The predicted octanol–water partition coefficient (Wildman–Crippen LogP) is 3.14. The summed E-state index contributed by atoms with van der Waals surface area (Å²) >= 11 is 0. The third-order valence-electron chi connectivity index (χ3n) is 3.12. The molecule has 0 bridgehead atoms. The van der Waals surface area contributed by atoms with Gasteiger partial charge in [0.05, 0.1) is 0 Å². The van der Waals surface area contributed by atoms with E-state index in [1.165, 1.54) is 0 Å². The molecule has 0 aromatic heterocycles. The van der Waals surface area contributed by atoms with Gasteiger partial charge in [-0.15, -0.1) is 0 Å². The van der Waals surface area contributed by atoms with Crippen molar-refractivity contribution in [2.45, 2.75) is 64.8 Å². The van der Waals surface area contributed by atoms with E-state index in [9.17, 15) is 0 Å². The summed E-state index contributed by atoms with van der Waals surface area (Å²) in [5.41, 5.74) is 5.48. The van der Waals surface area contributed by atoms with Crippen molar-refractivity contribution in [1.29, 1.82) is 0 Å². The molecule has 3 heteroatoms. The fraction of sp³-hybridized carbons (Fsp3) is 1.00. The van der Waals surface area contributed by atoms with Crippen LogP contribution in [-0.4, -0.2) is 21.0 Å². The van der Waals surface area contributed by atoms with E-state index < -0.39 is 8.32 Å². The highest BCUT2D eigenvalue weighted by atomic mass is 28.4. The molecule has 0 aliphatic carbocycles. The third-order valence-corrected chi connectivity index (χ3v) is 7.72. The van der Waals surface area contributed by atoms with Crippen molar-refractivity contribution in [2.75, 3.05) is 6.54 Å². The van der Waals surface area contributed by atoms with Gasteiger partial charge in [-0.1, -0.05) is 20.8 Å². The minimum Gasteiger partial charge on any atom is -0.414 e. The summed E-state index contributed by atoms with van der Waals surface area (Å²) in [6.07, 6.45) is 2.51. The average molecular weight is 217 g/mol. The van der Waals surface area contributed by atoms with Gasteiger partial charge in [0, 0.05) is 6.10 Å². The van der Waals surface area contributed by atoms with E-state index in [0.29, 0.717) is 11.1 Å². The highest BCUT2D eigenvalue weighted by molar-refractivity contribution is 6.74. The summed E-state index contributed by atoms with van der Waals surface area (Å²) in [5, 5.41) is 0.309. The minimum atomic E-state index is -1.56. The molecule has 0 unspecified atom stereocenters. The molecule has 2 nitrogen and oxygen atoms in total. The van der Waals surface area contributed by atoms with Crippen molar-refractivity contribution < 1.29 is 4.43 Å². The first-order chi connectivity index (χ1) is 6.20. The molecule has 0 aliphatic heterocycles. The van der Waals surface area contributed by atoms with Crippen molar-refractivity contribution >= 4 is 8.32 Å². The molecule has 0 radical (unpaired) electrons. The van der Waals surface area contributed by atoms with E-state index >= 15 is 0 Å². The summed E-state index contributed by atoms with van der Waals surface area (Å²) in [7, 11) is -1.56. The van der Waals surface area contributed by atoms with Crippen molar-refractivity contribution in [2.24, 2.45) is 5.73 Å². The lowest BCUT2D eigenvalue weighted by Gasteiger charge is -2.38. The molecule has 0 aliphatic rings. The largest absolute Gasteiger partial charge is 0.414 e. The predicted molar refractivity (Wildman–Crippen MR) is 66.0 cm³/mol. The zero-order chi connectivity index (χ0) is 11.4. The van der Waals surface area contributed by atoms with Gasteiger partial charge in [-0.2, -0.15) is 0 Å². The Morgan fingerprint density at radius 3 is 2.14 bits per heavy atom. The molecular formula is C11H27NOSi. The molecule has 2 N–H and O–H groups in total. The van der Waals surface area contributed by atoms with E-state index in [1.54, 1.807) is 0 Å². The Hall–Kier alpha value is 0.137. The molecule has 0 fully saturated rings. The second-order valence-electron chi connectivity index (χ2n) is 5.62. The van der Waals surface area contributed by atoms with E-state index in [4.69, 9.17) is 10.2 Å². The smallest absolute Gasteiger partial charge is 0.192 e. The summed E-state index contributed by atoms with van der Waals surface area (Å²) in [6.45, 7) is 14.3. The van der Waals surface area contributed by atoms with E-state index in [1.807, 2.05) is 0 Å². The van der Waals surface area contributed by atoms with Gasteiger partial charge in [0.2, 0.25) is 0 Å². The molecule has 0 saturated carbocycles. The van der Waals surface area contributed by atoms with Crippen LogP contribution >= 0.6 is 0 Å². The Kier molecular flexibility index (Phi) is 5.34. The van der Waals surface area contributed by atoms with Crippen LogP contribution in [0.3, 0.4) is 0 Å². The zero-order valence-electron chi connectivity index (χ0n) is 10.7. The molecule has 0 aromatic carbocycles. The zero-order valence-corrected chi connectivity index (χ0v) is 11.7. The lowest BCUT2D eigenvalue weighted by atomic mass is 10.2. The Morgan fingerprint density at radius 2 is 1.79 bits per heavy atom. The van der Waals surface area contributed by atoms with Gasteiger partial charge in [-0.05, 0) is 44.4 Å². The quantitative estimate of drug-likeness (QED) is 0.718. The molecular weight excluding hydrogens is 190 g/mol. The summed E-state index contributed by atoms with van der Waals surface area (Å²) in [6, 6.07) is 0. The van der Waals surface area contributed by atoms with Gasteiger partial charge in [0.25, 0.3) is 0 Å². The first-order valence-electron chi connectivity index (χ1n) is 5.58. The van der Waals surface area contributed by atoms with Gasteiger partial charge in [-0.25, -0.2) is 0 Å². The number of rotatable bonds is 5. The molecule has 0 amide bonds. The first-order valence-corrected chi connectivity index (χ1v) is 8.49. The Morgan fingerprint density at radius 1 is 1.29 bits per heavy atom. The molecule has 86 valence electrons. The van der Waals surface area contributed by atoms with Gasteiger partial charge in [0.15, 0.2) is 8.32 Å². The van der Waals surface area contributed by atoms with Crippen LogP contribution in [0, 0.1) is 0 Å². The van der Waals surface area contributed by atoms with E-state index in [-0.39, 0.29) is 0 Å². The third kappa shape index (κ3) is 4.58. The van der Waals surface area contributed by atoms with Gasteiger partial charge in [0.1, 0.15) is 0 Å². The maximum Gasteiger partial charge on any atom is 0.192 e. The summed E-state index contributed by atoms with van der Waals surface area (Å²) < 4.78 is 6.19. The SMILES string of the molecule is C[C@H](CCCN)O[Si](C)(C)C(C)(C)C. The standard InChI is InChI=1S/C11H27NOSi/c1-10(8-7-9-12)13-14(5,6)11(2,3)4/h10H,7-9,12H2,1-6H3/t10-/m1/s1. The summed E-state index contributed by atoms with van der Waals surface area (Å²) in [5.74, 6) is 0. The van der Waals surface area contributed by atoms with Crippen LogP contribution in [0.25, 0.3) is 0 Å². The summed E-state index contributed by atoms with van der Waals surface area (Å²) in [4.78, 5) is 0. The second kappa shape index (κ2) is 5.28. The first kappa shape index (κ1) is 14.1. The van der Waals surface area contributed by atoms with Gasteiger partial charge < -0.3 is 10.2 Å². The van der Waals surface area contributed by atoms with Crippen LogP contribution < -0.4 is 5.73 Å². The van der Waals surface area contributed by atoms with Gasteiger partial charge >= 0.3 is 0 Å². The Labute approximate surface area is 90.3 Å². The number of hydrogen-bond acceptors (Lipinski definition) is 2. The van der Waals surface area contributed by atoms with E-state index in [0.717, 1.165) is 19.4 Å². The molecule has 0 aromatic rings. The average Bonchev–Trinajstić information content (AvgIpc) is 1.97. The Bertz CT molecular complexity index is 163. The van der Waals surface area contributed by atoms with Crippen LogP contribution in [0.4, 0.5) is 0 Å². The fourth-order valence-corrected chi connectivity index (χ4v) is 2.62. The monoisotopic (exact) mass is 217 g/mol. The highest BCUT2D eigenvalue weighted by Crippen LogP contribution is 2.37. The molecule has 0 spiro atoms. The van der Waals surface area contributed by atoms with Crippen LogP contribution in [0.15, 0.2) is 0 Å². The lowest BCUT2D eigenvalue weighted by molar-refractivity contribution is 0.187. The van der Waals surface area contributed by atoms with E-state index in [2.05, 4.69) is 40.8 Å². The molecule has 0 rings (SSSR count). The topological polar surface area (TPSA) is 35.2 Å². The van der Waals surface area contributed by atoms with Crippen molar-refractivity contribution in [3.63, 3.8) is 0 Å². The van der Waals surface area contributed by atoms with Gasteiger partial charge in [-0.3, -0.25) is 0 Å².